The van der Waals surface area contributed by atoms with Crippen LogP contribution in [0.1, 0.15) is 26.6 Å². The summed E-state index contributed by atoms with van der Waals surface area (Å²) in [5.74, 6) is 0.557. The number of fused-ring (bicyclic) bond motifs is 1. The molecule has 0 saturated heterocycles. The van der Waals surface area contributed by atoms with Gasteiger partial charge < -0.3 is 5.32 Å². The Bertz CT molecular complexity index is 1500. The molecule has 6 nitrogen and oxygen atoms in total. The quantitative estimate of drug-likeness (QED) is 0.367. The zero-order valence-electron chi connectivity index (χ0n) is 18.3. The van der Waals surface area contributed by atoms with Crippen LogP contribution in [0.2, 0.25) is 0 Å². The van der Waals surface area contributed by atoms with Crippen molar-refractivity contribution in [2.75, 3.05) is 5.32 Å². The highest BCUT2D eigenvalue weighted by Gasteiger charge is 2.19. The summed E-state index contributed by atoms with van der Waals surface area (Å²) in [6.07, 6.45) is 0. The number of pyridine rings is 1. The molecule has 0 aliphatic rings. The fraction of sp³-hybridized carbons (Fsp3) is 0.120. The largest absolute Gasteiger partial charge is 0.306 e. The molecule has 8 heteroatoms. The minimum atomic E-state index is -0.314. The number of anilines is 1. The molecule has 1 amide bonds. The van der Waals surface area contributed by atoms with E-state index in [2.05, 4.69) is 15.4 Å². The lowest BCUT2D eigenvalue weighted by atomic mass is 10.1. The molecule has 5 aromatic rings. The van der Waals surface area contributed by atoms with Crippen LogP contribution in [0.3, 0.4) is 0 Å². The van der Waals surface area contributed by atoms with Gasteiger partial charge >= 0.3 is 0 Å². The second-order valence-corrected chi connectivity index (χ2v) is 8.79. The van der Waals surface area contributed by atoms with Crippen molar-refractivity contribution in [3.8, 4) is 16.4 Å². The van der Waals surface area contributed by atoms with Gasteiger partial charge in [-0.05, 0) is 62.7 Å². The lowest BCUT2D eigenvalue weighted by Gasteiger charge is -2.10. The summed E-state index contributed by atoms with van der Waals surface area (Å²) in [5.41, 5.74) is 4.06. The number of amides is 1. The molecule has 1 N–H and O–H groups in total. The van der Waals surface area contributed by atoms with Gasteiger partial charge in [-0.15, -0.1) is 11.3 Å². The van der Waals surface area contributed by atoms with Crippen LogP contribution in [0.5, 0.6) is 0 Å². The second-order valence-electron chi connectivity index (χ2n) is 7.79. The number of aryl methyl sites for hydroxylation is 3. The minimum absolute atomic E-state index is 0.281. The molecular weight excluding hydrogens is 437 g/mol. The Kier molecular flexibility index (Phi) is 5.22. The van der Waals surface area contributed by atoms with E-state index < -0.39 is 0 Å². The molecule has 0 aliphatic carbocycles. The van der Waals surface area contributed by atoms with Crippen LogP contribution in [0.25, 0.3) is 27.3 Å². The van der Waals surface area contributed by atoms with Crippen molar-refractivity contribution < 1.29 is 9.18 Å². The number of rotatable bonds is 4. The molecule has 0 fully saturated rings. The van der Waals surface area contributed by atoms with Gasteiger partial charge in [0, 0.05) is 17.0 Å². The van der Waals surface area contributed by atoms with Gasteiger partial charge in [-0.25, -0.2) is 14.4 Å². The molecule has 0 aliphatic heterocycles. The first-order chi connectivity index (χ1) is 15.9. The third-order valence-electron chi connectivity index (χ3n) is 5.29. The van der Waals surface area contributed by atoms with Gasteiger partial charge in [-0.3, -0.25) is 4.79 Å². The first-order valence-corrected chi connectivity index (χ1v) is 11.2. The Morgan fingerprint density at radius 2 is 1.76 bits per heavy atom. The number of hydrogen-bond acceptors (Lipinski definition) is 5. The van der Waals surface area contributed by atoms with Crippen molar-refractivity contribution in [3.63, 3.8) is 0 Å². The summed E-state index contributed by atoms with van der Waals surface area (Å²) in [5, 5.41) is 9.25. The Hall–Kier alpha value is -3.91. The third-order valence-corrected chi connectivity index (χ3v) is 6.50. The molecule has 0 unspecified atom stereocenters. The lowest BCUT2D eigenvalue weighted by Crippen LogP contribution is -2.15. The number of carbonyl (C=O) groups is 1. The fourth-order valence-corrected chi connectivity index (χ4v) is 4.67. The molecule has 0 atom stereocenters. The minimum Gasteiger partial charge on any atom is -0.306 e. The standard InChI is InChI=1S/C25H20FN5OS/c1-14-12-21(28-20-7-5-4-6-19(14)20)31-22(13-15(2)30-31)29-24(32)23-16(3)27-25(33-23)17-8-10-18(26)11-9-17/h4-13H,1-3H3,(H,29,32). The number of hydrogen-bond donors (Lipinski definition) is 1. The maximum atomic E-state index is 13.3. The molecular formula is C25H20FN5OS. The summed E-state index contributed by atoms with van der Waals surface area (Å²) < 4.78 is 14.9. The predicted octanol–water partition coefficient (Wildman–Crippen LogP) is 5.86. The van der Waals surface area contributed by atoms with Gasteiger partial charge in [-0.1, -0.05) is 18.2 Å². The molecule has 33 heavy (non-hydrogen) atoms. The van der Waals surface area contributed by atoms with E-state index in [1.54, 1.807) is 29.8 Å². The van der Waals surface area contributed by atoms with E-state index in [0.29, 0.717) is 27.2 Å². The maximum absolute atomic E-state index is 13.3. The monoisotopic (exact) mass is 457 g/mol. The molecule has 2 aromatic carbocycles. The van der Waals surface area contributed by atoms with Crippen LogP contribution >= 0.6 is 11.3 Å². The number of carbonyl (C=O) groups excluding carboxylic acids is 1. The van der Waals surface area contributed by atoms with E-state index in [1.807, 2.05) is 44.2 Å². The molecule has 5 rings (SSSR count). The number of halogens is 1. The average Bonchev–Trinajstić information content (AvgIpc) is 3.36. The summed E-state index contributed by atoms with van der Waals surface area (Å²) in [6, 6.07) is 17.7. The molecule has 3 heterocycles. The Morgan fingerprint density at radius 3 is 2.55 bits per heavy atom. The van der Waals surface area contributed by atoms with Gasteiger partial charge in [0.15, 0.2) is 5.82 Å². The van der Waals surface area contributed by atoms with E-state index in [9.17, 15) is 9.18 Å². The summed E-state index contributed by atoms with van der Waals surface area (Å²) >= 11 is 1.27. The lowest BCUT2D eigenvalue weighted by molar-refractivity contribution is 0.102. The zero-order valence-corrected chi connectivity index (χ0v) is 19.1. The van der Waals surface area contributed by atoms with E-state index in [1.165, 1.54) is 23.5 Å². The Morgan fingerprint density at radius 1 is 1.00 bits per heavy atom. The summed E-state index contributed by atoms with van der Waals surface area (Å²) in [6.45, 7) is 5.68. The molecule has 0 radical (unpaired) electrons. The van der Waals surface area contributed by atoms with Crippen molar-refractivity contribution in [2.45, 2.75) is 20.8 Å². The van der Waals surface area contributed by atoms with E-state index >= 15 is 0 Å². The number of para-hydroxylation sites is 1. The van der Waals surface area contributed by atoms with Crippen molar-refractivity contribution in [1.82, 2.24) is 19.7 Å². The molecule has 0 spiro atoms. The van der Waals surface area contributed by atoms with Gasteiger partial charge in [0.05, 0.1) is 16.9 Å². The van der Waals surface area contributed by atoms with Crippen molar-refractivity contribution >= 4 is 34.0 Å². The molecule has 3 aromatic heterocycles. The normalized spacial score (nSPS) is 11.2. The fourth-order valence-electron chi connectivity index (χ4n) is 3.70. The summed E-state index contributed by atoms with van der Waals surface area (Å²) in [7, 11) is 0. The number of thiazole rings is 1. The zero-order chi connectivity index (χ0) is 23.1. The summed E-state index contributed by atoms with van der Waals surface area (Å²) in [4.78, 5) is 22.9. The first-order valence-electron chi connectivity index (χ1n) is 10.4. The Balaban J connectivity index is 1.48. The van der Waals surface area contributed by atoms with Crippen LogP contribution in [-0.2, 0) is 0 Å². The van der Waals surface area contributed by atoms with Crippen LogP contribution in [-0.4, -0.2) is 25.7 Å². The maximum Gasteiger partial charge on any atom is 0.268 e. The molecule has 164 valence electrons. The van der Waals surface area contributed by atoms with Crippen molar-refractivity contribution in [3.05, 3.63) is 88.3 Å². The molecule has 0 bridgehead atoms. The predicted molar refractivity (Wildman–Crippen MR) is 129 cm³/mol. The highest BCUT2D eigenvalue weighted by molar-refractivity contribution is 7.17. The van der Waals surface area contributed by atoms with Gasteiger partial charge in [0.1, 0.15) is 21.5 Å². The number of nitrogens with one attached hydrogen (secondary N) is 1. The SMILES string of the molecule is Cc1cc(NC(=O)c2sc(-c3ccc(F)cc3)nc2C)n(-c2cc(C)c3ccccc3n2)n1. The van der Waals surface area contributed by atoms with E-state index in [4.69, 9.17) is 4.98 Å². The highest BCUT2D eigenvalue weighted by Crippen LogP contribution is 2.29. The average molecular weight is 458 g/mol. The van der Waals surface area contributed by atoms with Crippen LogP contribution in [0.4, 0.5) is 10.2 Å². The van der Waals surface area contributed by atoms with Crippen LogP contribution < -0.4 is 5.32 Å². The van der Waals surface area contributed by atoms with Crippen LogP contribution in [0.15, 0.2) is 60.7 Å². The first kappa shape index (κ1) is 21.0. The number of benzene rings is 2. The highest BCUT2D eigenvalue weighted by atomic mass is 32.1. The van der Waals surface area contributed by atoms with Gasteiger partial charge in [0.25, 0.3) is 5.91 Å². The number of aromatic nitrogens is 4. The van der Waals surface area contributed by atoms with Gasteiger partial charge in [0.2, 0.25) is 0 Å². The topological polar surface area (TPSA) is 72.7 Å². The second kappa shape index (κ2) is 8.22. The van der Waals surface area contributed by atoms with Crippen molar-refractivity contribution in [1.29, 1.82) is 0 Å². The van der Waals surface area contributed by atoms with Gasteiger partial charge in [-0.2, -0.15) is 9.78 Å². The Labute approximate surface area is 193 Å². The number of nitrogens with zero attached hydrogens (tertiary/aromatic N) is 4. The van der Waals surface area contributed by atoms with E-state index in [-0.39, 0.29) is 11.7 Å². The van der Waals surface area contributed by atoms with Crippen LogP contribution in [0, 0.1) is 26.6 Å². The van der Waals surface area contributed by atoms with E-state index in [0.717, 1.165) is 27.7 Å². The molecule has 0 saturated carbocycles. The smallest absolute Gasteiger partial charge is 0.268 e. The third kappa shape index (κ3) is 4.01. The van der Waals surface area contributed by atoms with Crippen molar-refractivity contribution in [2.24, 2.45) is 0 Å².